The van der Waals surface area contributed by atoms with Crippen LogP contribution < -0.4 is 10.6 Å². The van der Waals surface area contributed by atoms with Gasteiger partial charge in [-0.15, -0.1) is 0 Å². The highest BCUT2D eigenvalue weighted by Crippen LogP contribution is 2.10. The molecule has 0 bridgehead atoms. The molecule has 0 saturated carbocycles. The summed E-state index contributed by atoms with van der Waals surface area (Å²) in [6, 6.07) is 9.98. The van der Waals surface area contributed by atoms with Crippen molar-refractivity contribution in [1.29, 1.82) is 0 Å². The molecular formula is C11H12ClN5. The van der Waals surface area contributed by atoms with Crippen molar-refractivity contribution in [1.82, 2.24) is 15.0 Å². The molecule has 2 rings (SSSR count). The summed E-state index contributed by atoms with van der Waals surface area (Å²) >= 11 is 5.77. The zero-order valence-corrected chi connectivity index (χ0v) is 10.1. The summed E-state index contributed by atoms with van der Waals surface area (Å²) < 4.78 is 0. The lowest BCUT2D eigenvalue weighted by molar-refractivity contribution is 1.00. The van der Waals surface area contributed by atoms with Gasteiger partial charge in [-0.3, -0.25) is 0 Å². The number of hydrogen-bond donors (Lipinski definition) is 2. The number of benzene rings is 1. The monoisotopic (exact) mass is 249 g/mol. The number of halogens is 1. The highest BCUT2D eigenvalue weighted by atomic mass is 35.5. The minimum atomic E-state index is 0.167. The molecule has 1 heterocycles. The molecule has 17 heavy (non-hydrogen) atoms. The van der Waals surface area contributed by atoms with Crippen LogP contribution in [-0.2, 0) is 6.54 Å². The van der Waals surface area contributed by atoms with E-state index in [1.807, 2.05) is 30.3 Å². The molecule has 0 radical (unpaired) electrons. The Morgan fingerprint density at radius 1 is 1.06 bits per heavy atom. The molecule has 0 fully saturated rings. The molecule has 5 nitrogen and oxygen atoms in total. The zero-order valence-electron chi connectivity index (χ0n) is 9.31. The van der Waals surface area contributed by atoms with Crippen LogP contribution in [0.5, 0.6) is 0 Å². The van der Waals surface area contributed by atoms with E-state index in [1.165, 1.54) is 0 Å². The normalized spacial score (nSPS) is 10.0. The molecule has 0 aliphatic heterocycles. The fourth-order valence-corrected chi connectivity index (χ4v) is 1.48. The molecular weight excluding hydrogens is 238 g/mol. The van der Waals surface area contributed by atoms with E-state index in [1.54, 1.807) is 7.05 Å². The number of rotatable bonds is 4. The Hall–Kier alpha value is -1.88. The van der Waals surface area contributed by atoms with Crippen LogP contribution in [0.15, 0.2) is 30.3 Å². The summed E-state index contributed by atoms with van der Waals surface area (Å²) in [6.07, 6.45) is 0. The van der Waals surface area contributed by atoms with Crippen LogP contribution in [0.25, 0.3) is 0 Å². The molecule has 2 aromatic rings. The molecule has 0 spiro atoms. The second-order valence-corrected chi connectivity index (χ2v) is 3.68. The van der Waals surface area contributed by atoms with Gasteiger partial charge >= 0.3 is 0 Å². The Bertz CT molecular complexity index is 488. The van der Waals surface area contributed by atoms with E-state index < -0.39 is 0 Å². The number of anilines is 2. The molecule has 0 unspecified atom stereocenters. The predicted molar refractivity (Wildman–Crippen MR) is 68.2 cm³/mol. The van der Waals surface area contributed by atoms with Crippen LogP contribution >= 0.6 is 11.6 Å². The van der Waals surface area contributed by atoms with Crippen molar-refractivity contribution in [2.24, 2.45) is 0 Å². The molecule has 0 amide bonds. The molecule has 1 aromatic carbocycles. The summed E-state index contributed by atoms with van der Waals surface area (Å²) in [5, 5.41) is 6.08. The van der Waals surface area contributed by atoms with Crippen LogP contribution in [-0.4, -0.2) is 22.0 Å². The van der Waals surface area contributed by atoms with Crippen molar-refractivity contribution in [2.75, 3.05) is 17.7 Å². The van der Waals surface area contributed by atoms with Crippen molar-refractivity contribution in [3.05, 3.63) is 41.2 Å². The standard InChI is InChI=1S/C11H12ClN5/c1-13-10-15-9(12)16-11(17-10)14-7-8-5-3-2-4-6-8/h2-6H,7H2,1H3,(H2,13,14,15,16,17). The van der Waals surface area contributed by atoms with Crippen molar-refractivity contribution < 1.29 is 0 Å². The minimum Gasteiger partial charge on any atom is -0.357 e. The van der Waals surface area contributed by atoms with Crippen LogP contribution in [0.2, 0.25) is 5.28 Å². The Balaban J connectivity index is 2.06. The molecule has 0 saturated heterocycles. The van der Waals surface area contributed by atoms with E-state index in [4.69, 9.17) is 11.6 Å². The molecule has 0 aliphatic carbocycles. The van der Waals surface area contributed by atoms with Gasteiger partial charge in [0.15, 0.2) is 0 Å². The number of nitrogens with one attached hydrogen (secondary N) is 2. The van der Waals surface area contributed by atoms with E-state index in [0.717, 1.165) is 5.56 Å². The van der Waals surface area contributed by atoms with Crippen LogP contribution in [0, 0.1) is 0 Å². The van der Waals surface area contributed by atoms with Gasteiger partial charge in [0.25, 0.3) is 0 Å². The second-order valence-electron chi connectivity index (χ2n) is 3.34. The van der Waals surface area contributed by atoms with Crippen molar-refractivity contribution >= 4 is 23.5 Å². The fraction of sp³-hybridized carbons (Fsp3) is 0.182. The van der Waals surface area contributed by atoms with Gasteiger partial charge in [0.05, 0.1) is 0 Å². The maximum absolute atomic E-state index is 5.77. The third-order valence-corrected chi connectivity index (χ3v) is 2.29. The largest absolute Gasteiger partial charge is 0.357 e. The topological polar surface area (TPSA) is 62.7 Å². The van der Waals surface area contributed by atoms with E-state index in [9.17, 15) is 0 Å². The van der Waals surface area contributed by atoms with Crippen molar-refractivity contribution in [3.8, 4) is 0 Å². The quantitative estimate of drug-likeness (QED) is 0.870. The number of hydrogen-bond acceptors (Lipinski definition) is 5. The Morgan fingerprint density at radius 3 is 2.47 bits per heavy atom. The molecule has 6 heteroatoms. The average molecular weight is 250 g/mol. The van der Waals surface area contributed by atoms with E-state index in [2.05, 4.69) is 25.6 Å². The molecule has 1 aromatic heterocycles. The Labute approximate surface area is 104 Å². The van der Waals surface area contributed by atoms with Gasteiger partial charge in [-0.05, 0) is 17.2 Å². The van der Waals surface area contributed by atoms with Gasteiger partial charge in [-0.2, -0.15) is 15.0 Å². The fourth-order valence-electron chi connectivity index (χ4n) is 1.32. The minimum absolute atomic E-state index is 0.167. The first kappa shape index (κ1) is 11.6. The van der Waals surface area contributed by atoms with Gasteiger partial charge in [0, 0.05) is 13.6 Å². The Kier molecular flexibility index (Phi) is 3.72. The molecule has 88 valence electrons. The number of aromatic nitrogens is 3. The SMILES string of the molecule is CNc1nc(Cl)nc(NCc2ccccc2)n1. The summed E-state index contributed by atoms with van der Waals surface area (Å²) in [7, 11) is 1.73. The molecule has 2 N–H and O–H groups in total. The first-order chi connectivity index (χ1) is 8.28. The zero-order chi connectivity index (χ0) is 12.1. The van der Waals surface area contributed by atoms with E-state index >= 15 is 0 Å². The maximum Gasteiger partial charge on any atom is 0.229 e. The Morgan fingerprint density at radius 2 is 1.76 bits per heavy atom. The van der Waals surface area contributed by atoms with E-state index in [-0.39, 0.29) is 5.28 Å². The smallest absolute Gasteiger partial charge is 0.229 e. The first-order valence-electron chi connectivity index (χ1n) is 5.15. The summed E-state index contributed by atoms with van der Waals surface area (Å²) in [5.74, 6) is 0.902. The van der Waals surface area contributed by atoms with Gasteiger partial charge in [0.2, 0.25) is 17.2 Å². The van der Waals surface area contributed by atoms with Crippen molar-refractivity contribution in [2.45, 2.75) is 6.54 Å². The highest BCUT2D eigenvalue weighted by Gasteiger charge is 2.02. The predicted octanol–water partition coefficient (Wildman–Crippen LogP) is 2.18. The van der Waals surface area contributed by atoms with Gasteiger partial charge < -0.3 is 10.6 Å². The second kappa shape index (κ2) is 5.45. The van der Waals surface area contributed by atoms with Gasteiger partial charge in [-0.25, -0.2) is 0 Å². The first-order valence-corrected chi connectivity index (χ1v) is 5.53. The van der Waals surface area contributed by atoms with Crippen LogP contribution in [0.3, 0.4) is 0 Å². The lowest BCUT2D eigenvalue weighted by atomic mass is 10.2. The van der Waals surface area contributed by atoms with E-state index in [0.29, 0.717) is 18.4 Å². The third-order valence-electron chi connectivity index (χ3n) is 2.13. The summed E-state index contributed by atoms with van der Waals surface area (Å²) in [4.78, 5) is 12.0. The van der Waals surface area contributed by atoms with Crippen molar-refractivity contribution in [3.63, 3.8) is 0 Å². The van der Waals surface area contributed by atoms with Crippen LogP contribution in [0.4, 0.5) is 11.9 Å². The molecule has 0 atom stereocenters. The number of nitrogens with zero attached hydrogens (tertiary/aromatic N) is 3. The molecule has 0 aliphatic rings. The van der Waals surface area contributed by atoms with Gasteiger partial charge in [0.1, 0.15) is 0 Å². The lowest BCUT2D eigenvalue weighted by Crippen LogP contribution is -2.07. The third kappa shape index (κ3) is 3.29. The highest BCUT2D eigenvalue weighted by molar-refractivity contribution is 6.28. The van der Waals surface area contributed by atoms with Gasteiger partial charge in [-0.1, -0.05) is 30.3 Å². The summed E-state index contributed by atoms with van der Waals surface area (Å²) in [6.45, 7) is 0.643. The van der Waals surface area contributed by atoms with Crippen LogP contribution in [0.1, 0.15) is 5.56 Å². The average Bonchev–Trinajstić information content (AvgIpc) is 2.37. The summed E-state index contributed by atoms with van der Waals surface area (Å²) in [5.41, 5.74) is 1.15. The maximum atomic E-state index is 5.77. The lowest BCUT2D eigenvalue weighted by Gasteiger charge is -2.06.